The number of benzene rings is 1. The van der Waals surface area contributed by atoms with E-state index in [1.54, 1.807) is 6.07 Å². The van der Waals surface area contributed by atoms with Crippen LogP contribution in [0, 0.1) is 0 Å². The smallest absolute Gasteiger partial charge is 0.337 e. The Labute approximate surface area is 107 Å². The molecule has 98 valence electrons. The van der Waals surface area contributed by atoms with E-state index in [-0.39, 0.29) is 16.9 Å². The maximum Gasteiger partial charge on any atom is 0.337 e. The van der Waals surface area contributed by atoms with Gasteiger partial charge in [0, 0.05) is 0 Å². The molecule has 0 amide bonds. The van der Waals surface area contributed by atoms with Crippen molar-refractivity contribution in [2.75, 3.05) is 0 Å². The van der Waals surface area contributed by atoms with Gasteiger partial charge < -0.3 is 10.1 Å². The van der Waals surface area contributed by atoms with Gasteiger partial charge in [-0.25, -0.2) is 18.6 Å². The number of rotatable bonds is 3. The molecule has 2 N–H and O–H groups in total. The summed E-state index contributed by atoms with van der Waals surface area (Å²) in [5, 5.41) is 9.02. The predicted octanol–water partition coefficient (Wildman–Crippen LogP) is 3.44. The molecule has 0 atom stereocenters. The van der Waals surface area contributed by atoms with Gasteiger partial charge in [-0.05, 0) is 19.1 Å². The number of aromatic nitrogens is 2. The molecule has 0 aliphatic heterocycles. The minimum Gasteiger partial charge on any atom is -0.478 e. The maximum atomic E-state index is 13.3. The van der Waals surface area contributed by atoms with Crippen LogP contribution in [0.4, 0.5) is 8.78 Å². The quantitative estimate of drug-likeness (QED) is 0.834. The predicted molar refractivity (Wildman–Crippen MR) is 67.0 cm³/mol. The van der Waals surface area contributed by atoms with Crippen LogP contribution in [0.2, 0.25) is 0 Å². The average Bonchev–Trinajstić information content (AvgIpc) is 2.69. The Morgan fingerprint density at radius 2 is 2.11 bits per heavy atom. The Kier molecular flexibility index (Phi) is 3.16. The Hall–Kier alpha value is -2.50. The molecule has 0 saturated carbocycles. The number of imidazole rings is 1. The lowest BCUT2D eigenvalue weighted by Crippen LogP contribution is -1.97. The van der Waals surface area contributed by atoms with Crippen molar-refractivity contribution in [3.63, 3.8) is 0 Å². The molecule has 0 aliphatic rings. The van der Waals surface area contributed by atoms with Crippen LogP contribution < -0.4 is 0 Å². The van der Waals surface area contributed by atoms with Crippen LogP contribution in [0.3, 0.4) is 0 Å². The van der Waals surface area contributed by atoms with Crippen molar-refractivity contribution in [3.8, 4) is 0 Å². The molecule has 0 fully saturated rings. The molecule has 0 aliphatic carbocycles. The van der Waals surface area contributed by atoms with E-state index in [4.69, 9.17) is 5.11 Å². The van der Waals surface area contributed by atoms with E-state index in [0.29, 0.717) is 5.52 Å². The van der Waals surface area contributed by atoms with E-state index in [1.807, 2.05) is 0 Å². The maximum absolute atomic E-state index is 13.3. The van der Waals surface area contributed by atoms with E-state index in [2.05, 4.69) is 16.5 Å². The fraction of sp³-hybridized carbons (Fsp3) is 0.0769. The molecule has 0 radical (unpaired) electrons. The molecule has 0 spiro atoms. The molecule has 0 bridgehead atoms. The number of aromatic amines is 1. The van der Waals surface area contributed by atoms with Crippen LogP contribution in [0.25, 0.3) is 16.6 Å². The van der Waals surface area contributed by atoms with Gasteiger partial charge >= 0.3 is 5.97 Å². The summed E-state index contributed by atoms with van der Waals surface area (Å²) in [5.74, 6) is -3.01. The van der Waals surface area contributed by atoms with Gasteiger partial charge in [-0.3, -0.25) is 0 Å². The summed E-state index contributed by atoms with van der Waals surface area (Å²) in [4.78, 5) is 17.7. The normalized spacial score (nSPS) is 12.4. The third kappa shape index (κ3) is 2.24. The zero-order chi connectivity index (χ0) is 14.2. The fourth-order valence-corrected chi connectivity index (χ4v) is 1.80. The highest BCUT2D eigenvalue weighted by Crippen LogP contribution is 2.28. The fourth-order valence-electron chi connectivity index (χ4n) is 1.80. The Morgan fingerprint density at radius 1 is 1.42 bits per heavy atom. The molecule has 1 aromatic carbocycles. The van der Waals surface area contributed by atoms with E-state index in [1.165, 1.54) is 12.1 Å². The van der Waals surface area contributed by atoms with Gasteiger partial charge in [-0.1, -0.05) is 12.6 Å². The SMILES string of the molecule is C=C(F)C(=C(C)F)c1nc2c(C(=O)O)cccc2[nH]1. The van der Waals surface area contributed by atoms with Gasteiger partial charge in [0.1, 0.15) is 23.0 Å². The van der Waals surface area contributed by atoms with Gasteiger partial charge in [0.25, 0.3) is 0 Å². The highest BCUT2D eigenvalue weighted by atomic mass is 19.1. The minimum atomic E-state index is -1.16. The molecule has 6 heteroatoms. The number of allylic oxidation sites excluding steroid dienone is 3. The van der Waals surface area contributed by atoms with Crippen molar-refractivity contribution in [2.45, 2.75) is 6.92 Å². The van der Waals surface area contributed by atoms with Crippen LogP contribution in [-0.4, -0.2) is 21.0 Å². The number of carboxylic acid groups (broad SMARTS) is 1. The number of hydrogen-bond acceptors (Lipinski definition) is 2. The van der Waals surface area contributed by atoms with Crippen molar-refractivity contribution in [2.24, 2.45) is 0 Å². The molecule has 4 nitrogen and oxygen atoms in total. The highest BCUT2D eigenvalue weighted by molar-refractivity contribution is 6.01. The molecule has 2 aromatic rings. The second-order valence-electron chi connectivity index (χ2n) is 3.91. The van der Waals surface area contributed by atoms with E-state index < -0.39 is 23.2 Å². The molecule has 0 saturated heterocycles. The lowest BCUT2D eigenvalue weighted by molar-refractivity contribution is 0.0699. The molecule has 1 heterocycles. The van der Waals surface area contributed by atoms with Crippen molar-refractivity contribution < 1.29 is 18.7 Å². The van der Waals surface area contributed by atoms with Gasteiger partial charge in [0.05, 0.1) is 16.7 Å². The highest BCUT2D eigenvalue weighted by Gasteiger charge is 2.18. The number of hydrogen-bond donors (Lipinski definition) is 2. The molecular weight excluding hydrogens is 254 g/mol. The summed E-state index contributed by atoms with van der Waals surface area (Å²) in [7, 11) is 0. The monoisotopic (exact) mass is 264 g/mol. The van der Waals surface area contributed by atoms with Crippen LogP contribution in [0.5, 0.6) is 0 Å². The first-order chi connectivity index (χ1) is 8.91. The first-order valence-electron chi connectivity index (χ1n) is 5.35. The summed E-state index contributed by atoms with van der Waals surface area (Å²) in [6.07, 6.45) is 0. The zero-order valence-electron chi connectivity index (χ0n) is 10.00. The zero-order valence-corrected chi connectivity index (χ0v) is 10.00. The molecule has 19 heavy (non-hydrogen) atoms. The summed E-state index contributed by atoms with van der Waals surface area (Å²) in [6.45, 7) is 4.11. The molecule has 2 rings (SSSR count). The van der Waals surface area contributed by atoms with Gasteiger partial charge in [0.2, 0.25) is 0 Å². The number of H-pyrrole nitrogens is 1. The number of aromatic carboxylic acids is 1. The Balaban J connectivity index is 2.72. The summed E-state index contributed by atoms with van der Waals surface area (Å²) < 4.78 is 26.5. The second-order valence-corrected chi connectivity index (χ2v) is 3.91. The number of nitrogens with zero attached hydrogens (tertiary/aromatic N) is 1. The van der Waals surface area contributed by atoms with Crippen molar-refractivity contribution in [3.05, 3.63) is 47.8 Å². The van der Waals surface area contributed by atoms with Crippen molar-refractivity contribution >= 4 is 22.6 Å². The summed E-state index contributed by atoms with van der Waals surface area (Å²) >= 11 is 0. The Morgan fingerprint density at radius 3 is 2.63 bits per heavy atom. The number of fused-ring (bicyclic) bond motifs is 1. The largest absolute Gasteiger partial charge is 0.478 e. The van der Waals surface area contributed by atoms with Gasteiger partial charge in [0.15, 0.2) is 0 Å². The number of halogens is 2. The number of carbonyl (C=O) groups is 1. The van der Waals surface area contributed by atoms with E-state index >= 15 is 0 Å². The topological polar surface area (TPSA) is 66.0 Å². The summed E-state index contributed by atoms with van der Waals surface area (Å²) in [6, 6.07) is 4.46. The number of nitrogens with one attached hydrogen (secondary N) is 1. The third-order valence-electron chi connectivity index (χ3n) is 2.60. The molecule has 0 unspecified atom stereocenters. The third-order valence-corrected chi connectivity index (χ3v) is 2.60. The standard InChI is InChI=1S/C13H10F2N2O2/c1-6(14)10(7(2)15)12-16-9-5-3-4-8(13(18)19)11(9)17-12/h3-5H,1H2,2H3,(H,16,17)(H,18,19). The van der Waals surface area contributed by atoms with Crippen molar-refractivity contribution in [1.82, 2.24) is 9.97 Å². The Bertz CT molecular complexity index is 713. The molecule has 1 aromatic heterocycles. The first-order valence-corrected chi connectivity index (χ1v) is 5.35. The van der Waals surface area contributed by atoms with Crippen LogP contribution in [-0.2, 0) is 0 Å². The molecular formula is C13H10F2N2O2. The van der Waals surface area contributed by atoms with Crippen LogP contribution in [0.15, 0.2) is 36.4 Å². The van der Waals surface area contributed by atoms with Crippen molar-refractivity contribution in [1.29, 1.82) is 0 Å². The lowest BCUT2D eigenvalue weighted by Gasteiger charge is -1.99. The number of para-hydroxylation sites is 1. The van der Waals surface area contributed by atoms with E-state index in [9.17, 15) is 13.6 Å². The van der Waals surface area contributed by atoms with Crippen LogP contribution in [0.1, 0.15) is 23.1 Å². The summed E-state index contributed by atoms with van der Waals surface area (Å²) in [5.41, 5.74) is 0.0905. The number of carboxylic acids is 1. The first kappa shape index (κ1) is 12.9. The minimum absolute atomic E-state index is 0.0414. The van der Waals surface area contributed by atoms with Gasteiger partial charge in [-0.2, -0.15) is 0 Å². The lowest BCUT2D eigenvalue weighted by atomic mass is 10.2. The van der Waals surface area contributed by atoms with Gasteiger partial charge in [-0.15, -0.1) is 0 Å². The van der Waals surface area contributed by atoms with Crippen LogP contribution >= 0.6 is 0 Å². The van der Waals surface area contributed by atoms with E-state index in [0.717, 1.165) is 6.92 Å². The second kappa shape index (κ2) is 4.64. The average molecular weight is 264 g/mol.